The second-order valence-electron chi connectivity index (χ2n) is 5.93. The zero-order valence-electron chi connectivity index (χ0n) is 13.8. The molecule has 2 aliphatic rings. The Morgan fingerprint density at radius 1 is 1.08 bits per heavy atom. The molecule has 0 unspecified atom stereocenters. The average molecular weight is 323 g/mol. The molecule has 2 aromatic rings. The van der Waals surface area contributed by atoms with Crippen molar-refractivity contribution in [3.63, 3.8) is 0 Å². The highest BCUT2D eigenvalue weighted by molar-refractivity contribution is 6.04. The van der Waals surface area contributed by atoms with Crippen LogP contribution in [-0.2, 0) is 0 Å². The Bertz CT molecular complexity index is 765. The van der Waals surface area contributed by atoms with Gasteiger partial charge in [0.1, 0.15) is 11.5 Å². The SMILES string of the molecule is COc1cccc2c1Oc1ccccc1N=C2N1CCCNCC1. The molecule has 0 radical (unpaired) electrons. The van der Waals surface area contributed by atoms with E-state index in [0.717, 1.165) is 66.9 Å². The first-order chi connectivity index (χ1) is 11.9. The summed E-state index contributed by atoms with van der Waals surface area (Å²) in [7, 11) is 1.67. The number of hydrogen-bond acceptors (Lipinski definition) is 5. The molecule has 0 amide bonds. The van der Waals surface area contributed by atoms with E-state index in [4.69, 9.17) is 14.5 Å². The molecular formula is C19H21N3O2. The monoisotopic (exact) mass is 323 g/mol. The maximum Gasteiger partial charge on any atom is 0.180 e. The summed E-state index contributed by atoms with van der Waals surface area (Å²) in [6.45, 7) is 3.91. The molecule has 2 aromatic carbocycles. The highest BCUT2D eigenvalue weighted by Gasteiger charge is 2.25. The third kappa shape index (κ3) is 2.71. The number of aliphatic imine (C=N–C) groups is 1. The summed E-state index contributed by atoms with van der Waals surface area (Å²) >= 11 is 0. The normalized spacial score (nSPS) is 16.9. The highest BCUT2D eigenvalue weighted by Crippen LogP contribution is 2.42. The average Bonchev–Trinajstić information content (AvgIpc) is 2.98. The van der Waals surface area contributed by atoms with E-state index in [1.807, 2.05) is 36.4 Å². The number of hydrogen-bond donors (Lipinski definition) is 1. The minimum atomic E-state index is 0.727. The van der Waals surface area contributed by atoms with Crippen LogP contribution in [0, 0.1) is 0 Å². The van der Waals surface area contributed by atoms with Crippen molar-refractivity contribution in [1.82, 2.24) is 10.2 Å². The van der Waals surface area contributed by atoms with Crippen molar-refractivity contribution < 1.29 is 9.47 Å². The first-order valence-electron chi connectivity index (χ1n) is 8.35. The quantitative estimate of drug-likeness (QED) is 0.875. The molecule has 1 saturated heterocycles. The van der Waals surface area contributed by atoms with Crippen molar-refractivity contribution in [2.24, 2.45) is 4.99 Å². The molecule has 0 atom stereocenters. The second-order valence-corrected chi connectivity index (χ2v) is 5.93. The predicted molar refractivity (Wildman–Crippen MR) is 94.8 cm³/mol. The molecule has 124 valence electrons. The van der Waals surface area contributed by atoms with Gasteiger partial charge in [-0.25, -0.2) is 4.99 Å². The standard InChI is InChI=1S/C19H21N3O2/c1-23-17-9-4-6-14-18(17)24-16-8-3-2-7-15(16)21-19(14)22-12-5-10-20-11-13-22/h2-4,6-9,20H,5,10-13H2,1H3. The van der Waals surface area contributed by atoms with Gasteiger partial charge in [0.05, 0.1) is 12.7 Å². The molecule has 0 aliphatic carbocycles. The van der Waals surface area contributed by atoms with Crippen LogP contribution in [0.3, 0.4) is 0 Å². The topological polar surface area (TPSA) is 46.1 Å². The first-order valence-corrected chi connectivity index (χ1v) is 8.35. The van der Waals surface area contributed by atoms with Gasteiger partial charge in [0.15, 0.2) is 17.2 Å². The van der Waals surface area contributed by atoms with Crippen molar-refractivity contribution in [3.8, 4) is 17.2 Å². The van der Waals surface area contributed by atoms with Gasteiger partial charge in [0.25, 0.3) is 0 Å². The summed E-state index contributed by atoms with van der Waals surface area (Å²) in [4.78, 5) is 7.29. The molecule has 1 fully saturated rings. The van der Waals surface area contributed by atoms with Crippen molar-refractivity contribution >= 4 is 11.5 Å². The molecular weight excluding hydrogens is 302 g/mol. The lowest BCUT2D eigenvalue weighted by Gasteiger charge is -2.24. The number of methoxy groups -OCH3 is 1. The number of benzene rings is 2. The van der Waals surface area contributed by atoms with E-state index in [1.54, 1.807) is 7.11 Å². The van der Waals surface area contributed by atoms with E-state index in [0.29, 0.717) is 0 Å². The molecule has 0 saturated carbocycles. The first kappa shape index (κ1) is 15.0. The van der Waals surface area contributed by atoms with Crippen molar-refractivity contribution in [2.45, 2.75) is 6.42 Å². The van der Waals surface area contributed by atoms with Gasteiger partial charge in [-0.2, -0.15) is 0 Å². The number of nitrogens with one attached hydrogen (secondary N) is 1. The van der Waals surface area contributed by atoms with Crippen molar-refractivity contribution in [3.05, 3.63) is 48.0 Å². The highest BCUT2D eigenvalue weighted by atomic mass is 16.5. The van der Waals surface area contributed by atoms with Gasteiger partial charge < -0.3 is 19.7 Å². The lowest BCUT2D eigenvalue weighted by atomic mass is 10.1. The Morgan fingerprint density at radius 3 is 2.92 bits per heavy atom. The van der Waals surface area contributed by atoms with Crippen LogP contribution in [0.15, 0.2) is 47.5 Å². The van der Waals surface area contributed by atoms with Gasteiger partial charge in [-0.05, 0) is 37.2 Å². The van der Waals surface area contributed by atoms with Crippen LogP contribution in [-0.4, -0.2) is 44.0 Å². The van der Waals surface area contributed by atoms with E-state index in [-0.39, 0.29) is 0 Å². The summed E-state index contributed by atoms with van der Waals surface area (Å²) in [5, 5.41) is 3.44. The lowest BCUT2D eigenvalue weighted by Crippen LogP contribution is -2.34. The lowest BCUT2D eigenvalue weighted by molar-refractivity contribution is 0.378. The fraction of sp³-hybridized carbons (Fsp3) is 0.316. The van der Waals surface area contributed by atoms with Crippen LogP contribution in [0.1, 0.15) is 12.0 Å². The van der Waals surface area contributed by atoms with Crippen LogP contribution in [0.25, 0.3) is 0 Å². The van der Waals surface area contributed by atoms with Gasteiger partial charge in [0, 0.05) is 19.6 Å². The molecule has 2 aliphatic heterocycles. The number of fused-ring (bicyclic) bond motifs is 2. The third-order valence-electron chi connectivity index (χ3n) is 4.38. The molecule has 24 heavy (non-hydrogen) atoms. The van der Waals surface area contributed by atoms with Gasteiger partial charge in [0.2, 0.25) is 0 Å². The fourth-order valence-corrected chi connectivity index (χ4v) is 3.18. The van der Waals surface area contributed by atoms with E-state index in [9.17, 15) is 0 Å². The van der Waals surface area contributed by atoms with E-state index in [2.05, 4.69) is 16.3 Å². The van der Waals surface area contributed by atoms with Crippen LogP contribution in [0.4, 0.5) is 5.69 Å². The molecule has 0 spiro atoms. The second kappa shape index (κ2) is 6.53. The van der Waals surface area contributed by atoms with Crippen LogP contribution < -0.4 is 14.8 Å². The number of amidine groups is 1. The largest absolute Gasteiger partial charge is 0.493 e. The Labute approximate surface area is 141 Å². The van der Waals surface area contributed by atoms with Gasteiger partial charge in [-0.1, -0.05) is 18.2 Å². The van der Waals surface area contributed by atoms with Gasteiger partial charge in [-0.15, -0.1) is 0 Å². The molecule has 5 heteroatoms. The minimum absolute atomic E-state index is 0.727. The van der Waals surface area contributed by atoms with Crippen molar-refractivity contribution in [2.75, 3.05) is 33.3 Å². The molecule has 0 bridgehead atoms. The summed E-state index contributed by atoms with van der Waals surface area (Å²) in [6, 6.07) is 13.9. The number of ether oxygens (including phenoxy) is 2. The molecule has 4 rings (SSSR count). The smallest absolute Gasteiger partial charge is 0.180 e. The van der Waals surface area contributed by atoms with Crippen LogP contribution in [0.5, 0.6) is 17.2 Å². The van der Waals surface area contributed by atoms with Crippen molar-refractivity contribution in [1.29, 1.82) is 0 Å². The van der Waals surface area contributed by atoms with Crippen LogP contribution in [0.2, 0.25) is 0 Å². The number of nitrogens with zero attached hydrogens (tertiary/aromatic N) is 2. The maximum atomic E-state index is 6.19. The summed E-state index contributed by atoms with van der Waals surface area (Å²) in [6.07, 6.45) is 1.10. The zero-order valence-corrected chi connectivity index (χ0v) is 13.8. The minimum Gasteiger partial charge on any atom is -0.493 e. The van der Waals surface area contributed by atoms with E-state index < -0.39 is 0 Å². The number of para-hydroxylation sites is 3. The molecule has 5 nitrogen and oxygen atoms in total. The Hall–Kier alpha value is -2.53. The fourth-order valence-electron chi connectivity index (χ4n) is 3.18. The van der Waals surface area contributed by atoms with Gasteiger partial charge >= 0.3 is 0 Å². The third-order valence-corrected chi connectivity index (χ3v) is 4.38. The van der Waals surface area contributed by atoms with E-state index in [1.165, 1.54) is 0 Å². The maximum absolute atomic E-state index is 6.19. The summed E-state index contributed by atoms with van der Waals surface area (Å²) in [5.74, 6) is 3.18. The Kier molecular flexibility index (Phi) is 4.09. The Morgan fingerprint density at radius 2 is 2.00 bits per heavy atom. The molecule has 1 N–H and O–H groups in total. The summed E-state index contributed by atoms with van der Waals surface area (Å²) < 4.78 is 11.7. The zero-order chi connectivity index (χ0) is 16.4. The number of rotatable bonds is 1. The van der Waals surface area contributed by atoms with E-state index >= 15 is 0 Å². The Balaban J connectivity index is 1.88. The molecule has 0 aromatic heterocycles. The molecule has 2 heterocycles. The summed E-state index contributed by atoms with van der Waals surface area (Å²) in [5.41, 5.74) is 1.83. The van der Waals surface area contributed by atoms with Gasteiger partial charge in [-0.3, -0.25) is 0 Å². The predicted octanol–water partition coefficient (Wildman–Crippen LogP) is 3.17. The van der Waals surface area contributed by atoms with Crippen LogP contribution >= 0.6 is 0 Å².